The van der Waals surface area contributed by atoms with E-state index in [4.69, 9.17) is 9.15 Å². The van der Waals surface area contributed by atoms with Gasteiger partial charge in [0.15, 0.2) is 0 Å². The molecule has 0 fully saturated rings. The van der Waals surface area contributed by atoms with Crippen LogP contribution in [0.3, 0.4) is 0 Å². The summed E-state index contributed by atoms with van der Waals surface area (Å²) in [5.41, 5.74) is 4.44. The van der Waals surface area contributed by atoms with Crippen LogP contribution in [0.5, 0.6) is 5.88 Å². The Labute approximate surface area is 180 Å². The number of carbonyl (C=O) groups excluding carboxylic acids is 1. The topological polar surface area (TPSA) is 77.2 Å². The highest BCUT2D eigenvalue weighted by Crippen LogP contribution is 2.19. The lowest BCUT2D eigenvalue weighted by Crippen LogP contribution is -2.25. The third-order valence-corrected chi connectivity index (χ3v) is 4.74. The number of ether oxygens (including phenoxy) is 1. The number of aromatic nitrogens is 2. The van der Waals surface area contributed by atoms with Crippen molar-refractivity contribution in [3.8, 4) is 17.3 Å². The van der Waals surface area contributed by atoms with E-state index in [1.807, 2.05) is 61.5 Å². The number of oxazole rings is 1. The van der Waals surface area contributed by atoms with Crippen molar-refractivity contribution in [2.24, 2.45) is 0 Å². The predicted octanol–water partition coefficient (Wildman–Crippen LogP) is 4.60. The van der Waals surface area contributed by atoms with Crippen LogP contribution in [-0.4, -0.2) is 22.4 Å². The van der Waals surface area contributed by atoms with Crippen molar-refractivity contribution in [3.05, 3.63) is 102 Å². The van der Waals surface area contributed by atoms with Crippen LogP contribution in [0.4, 0.5) is 0 Å². The van der Waals surface area contributed by atoms with Gasteiger partial charge in [0.25, 0.3) is 5.91 Å². The van der Waals surface area contributed by atoms with E-state index in [1.54, 1.807) is 24.6 Å². The molecule has 0 bridgehead atoms. The minimum absolute atomic E-state index is 0.186. The monoisotopic (exact) mass is 413 g/mol. The van der Waals surface area contributed by atoms with Crippen LogP contribution in [-0.2, 0) is 13.0 Å². The van der Waals surface area contributed by atoms with Gasteiger partial charge in [0, 0.05) is 36.4 Å². The average molecular weight is 413 g/mol. The van der Waals surface area contributed by atoms with Gasteiger partial charge < -0.3 is 14.5 Å². The number of rotatable bonds is 8. The lowest BCUT2D eigenvalue weighted by atomic mass is 10.1. The highest BCUT2D eigenvalue weighted by Gasteiger charge is 2.10. The molecule has 2 aromatic heterocycles. The number of hydrogen-bond donors (Lipinski definition) is 1. The maximum Gasteiger partial charge on any atom is 0.251 e. The summed E-state index contributed by atoms with van der Waals surface area (Å²) >= 11 is 0. The van der Waals surface area contributed by atoms with E-state index < -0.39 is 0 Å². The van der Waals surface area contributed by atoms with E-state index in [9.17, 15) is 4.79 Å². The second kappa shape index (κ2) is 9.71. The Morgan fingerprint density at radius 2 is 1.87 bits per heavy atom. The van der Waals surface area contributed by atoms with Crippen molar-refractivity contribution in [3.63, 3.8) is 0 Å². The molecule has 0 spiro atoms. The quantitative estimate of drug-likeness (QED) is 0.457. The summed E-state index contributed by atoms with van der Waals surface area (Å²) in [5.74, 6) is 0.806. The molecule has 6 nitrogen and oxygen atoms in total. The van der Waals surface area contributed by atoms with Crippen molar-refractivity contribution in [2.75, 3.05) is 6.54 Å². The molecule has 0 radical (unpaired) electrons. The fraction of sp³-hybridized carbons (Fsp3) is 0.160. The van der Waals surface area contributed by atoms with Crippen LogP contribution >= 0.6 is 0 Å². The first-order valence-corrected chi connectivity index (χ1v) is 10.1. The molecule has 0 aliphatic carbocycles. The Bertz CT molecular complexity index is 1140. The number of carbonyl (C=O) groups is 1. The summed E-state index contributed by atoms with van der Waals surface area (Å²) in [5, 5.41) is 2.90. The number of pyridine rings is 1. The largest absolute Gasteiger partial charge is 0.473 e. The molecule has 0 saturated carbocycles. The van der Waals surface area contributed by atoms with E-state index in [2.05, 4.69) is 15.3 Å². The molecule has 0 atom stereocenters. The first-order chi connectivity index (χ1) is 15.2. The minimum Gasteiger partial charge on any atom is -0.473 e. The van der Waals surface area contributed by atoms with E-state index in [0.29, 0.717) is 36.9 Å². The first-order valence-electron chi connectivity index (χ1n) is 10.1. The summed E-state index contributed by atoms with van der Waals surface area (Å²) in [6, 6.07) is 21.1. The number of amides is 1. The molecule has 6 heteroatoms. The number of nitrogens with zero attached hydrogens (tertiary/aromatic N) is 2. The standard InChI is InChI=1S/C25H23N3O3/c1-18-7-9-20(10-8-18)25-28-22(17-31-25)12-14-27-24(29)21-11-13-26-23(15-21)30-16-19-5-3-2-4-6-19/h2-11,13,15,17H,12,14,16H2,1H3,(H,27,29). The lowest BCUT2D eigenvalue weighted by molar-refractivity contribution is 0.0953. The minimum atomic E-state index is -0.186. The maximum atomic E-state index is 12.5. The Hall–Kier alpha value is -3.93. The predicted molar refractivity (Wildman–Crippen MR) is 118 cm³/mol. The zero-order valence-electron chi connectivity index (χ0n) is 17.2. The summed E-state index contributed by atoms with van der Waals surface area (Å²) in [6.07, 6.45) is 3.77. The first kappa shape index (κ1) is 20.3. The van der Waals surface area contributed by atoms with Gasteiger partial charge in [-0.2, -0.15) is 0 Å². The Morgan fingerprint density at radius 3 is 2.68 bits per heavy atom. The average Bonchev–Trinajstić information content (AvgIpc) is 3.28. The molecule has 4 aromatic rings. The molecular weight excluding hydrogens is 390 g/mol. The molecule has 0 unspecified atom stereocenters. The van der Waals surface area contributed by atoms with Crippen LogP contribution in [0.1, 0.15) is 27.2 Å². The lowest BCUT2D eigenvalue weighted by Gasteiger charge is -2.08. The smallest absolute Gasteiger partial charge is 0.251 e. The van der Waals surface area contributed by atoms with Crippen molar-refractivity contribution in [1.82, 2.24) is 15.3 Å². The van der Waals surface area contributed by atoms with Crippen molar-refractivity contribution < 1.29 is 13.9 Å². The van der Waals surface area contributed by atoms with Gasteiger partial charge in [-0.25, -0.2) is 9.97 Å². The van der Waals surface area contributed by atoms with Crippen LogP contribution in [0.15, 0.2) is 83.6 Å². The van der Waals surface area contributed by atoms with Gasteiger partial charge >= 0.3 is 0 Å². The molecule has 0 aliphatic heterocycles. The molecule has 156 valence electrons. The second-order valence-electron chi connectivity index (χ2n) is 7.17. The van der Waals surface area contributed by atoms with Gasteiger partial charge in [0.1, 0.15) is 12.9 Å². The fourth-order valence-corrected chi connectivity index (χ4v) is 3.02. The number of aryl methyl sites for hydroxylation is 1. The number of hydrogen-bond acceptors (Lipinski definition) is 5. The maximum absolute atomic E-state index is 12.5. The fourth-order valence-electron chi connectivity index (χ4n) is 3.02. The van der Waals surface area contributed by atoms with E-state index in [1.165, 1.54) is 5.56 Å². The zero-order chi connectivity index (χ0) is 21.5. The highest BCUT2D eigenvalue weighted by molar-refractivity contribution is 5.94. The van der Waals surface area contributed by atoms with Gasteiger partial charge in [-0.05, 0) is 30.7 Å². The molecular formula is C25H23N3O3. The molecule has 1 N–H and O–H groups in total. The van der Waals surface area contributed by atoms with E-state index in [0.717, 1.165) is 16.8 Å². The van der Waals surface area contributed by atoms with E-state index in [-0.39, 0.29) is 5.91 Å². The Kier molecular flexibility index (Phi) is 6.38. The van der Waals surface area contributed by atoms with E-state index >= 15 is 0 Å². The molecule has 0 saturated heterocycles. The molecule has 2 heterocycles. The van der Waals surface area contributed by atoms with Crippen LogP contribution in [0.25, 0.3) is 11.5 Å². The van der Waals surface area contributed by atoms with Gasteiger partial charge in [-0.15, -0.1) is 0 Å². The Morgan fingerprint density at radius 1 is 1.06 bits per heavy atom. The van der Waals surface area contributed by atoms with Gasteiger partial charge in [0.2, 0.25) is 11.8 Å². The second-order valence-corrected chi connectivity index (χ2v) is 7.17. The van der Waals surface area contributed by atoms with Crippen LogP contribution in [0.2, 0.25) is 0 Å². The van der Waals surface area contributed by atoms with Crippen LogP contribution < -0.4 is 10.1 Å². The van der Waals surface area contributed by atoms with Crippen LogP contribution in [0, 0.1) is 6.92 Å². The molecule has 4 rings (SSSR count). The normalized spacial score (nSPS) is 10.6. The Balaban J connectivity index is 1.28. The zero-order valence-corrected chi connectivity index (χ0v) is 17.2. The third kappa shape index (κ3) is 5.57. The molecule has 31 heavy (non-hydrogen) atoms. The summed E-state index contributed by atoms with van der Waals surface area (Å²) in [7, 11) is 0. The summed E-state index contributed by atoms with van der Waals surface area (Å²) in [4.78, 5) is 21.2. The van der Waals surface area contributed by atoms with Crippen molar-refractivity contribution in [2.45, 2.75) is 20.0 Å². The van der Waals surface area contributed by atoms with Gasteiger partial charge in [0.05, 0.1) is 5.69 Å². The van der Waals surface area contributed by atoms with Gasteiger partial charge in [-0.1, -0.05) is 48.0 Å². The van der Waals surface area contributed by atoms with Gasteiger partial charge in [-0.3, -0.25) is 4.79 Å². The third-order valence-electron chi connectivity index (χ3n) is 4.74. The number of nitrogens with one attached hydrogen (secondary N) is 1. The summed E-state index contributed by atoms with van der Waals surface area (Å²) in [6.45, 7) is 2.88. The van der Waals surface area contributed by atoms with Crippen molar-refractivity contribution >= 4 is 5.91 Å². The SMILES string of the molecule is Cc1ccc(-c2nc(CCNC(=O)c3ccnc(OCc4ccccc4)c3)co2)cc1. The highest BCUT2D eigenvalue weighted by atomic mass is 16.5. The molecule has 1 amide bonds. The summed E-state index contributed by atoms with van der Waals surface area (Å²) < 4.78 is 11.3. The van der Waals surface area contributed by atoms with Crippen molar-refractivity contribution in [1.29, 1.82) is 0 Å². The number of benzene rings is 2. The molecule has 2 aromatic carbocycles. The molecule has 0 aliphatic rings.